The van der Waals surface area contributed by atoms with Crippen LogP contribution in [0.15, 0.2) is 61.2 Å². The molecule has 2 N–H and O–H groups in total. The van der Waals surface area contributed by atoms with Crippen LogP contribution in [0.5, 0.6) is 5.75 Å². The Balaban J connectivity index is 1.47. The van der Waals surface area contributed by atoms with Gasteiger partial charge in [0.15, 0.2) is 6.54 Å². The summed E-state index contributed by atoms with van der Waals surface area (Å²) in [6, 6.07) is 15.3. The zero-order valence-corrected chi connectivity index (χ0v) is 16.8. The first kappa shape index (κ1) is 20.6. The Hall–Kier alpha value is -3.12. The number of hydrogen-bond acceptors (Lipinski definition) is 3. The predicted molar refractivity (Wildman–Crippen MR) is 114 cm³/mol. The molecule has 0 saturated carbocycles. The van der Waals surface area contributed by atoms with Crippen LogP contribution in [0.4, 0.5) is 11.4 Å². The zero-order chi connectivity index (χ0) is 20.6. The topological polar surface area (TPSA) is 63.1 Å². The van der Waals surface area contributed by atoms with Gasteiger partial charge in [-0.2, -0.15) is 0 Å². The number of rotatable bonds is 9. The number of hydrogen-bond donors (Lipinski definition) is 2. The van der Waals surface area contributed by atoms with Crippen molar-refractivity contribution in [2.75, 3.05) is 37.0 Å². The van der Waals surface area contributed by atoms with E-state index < -0.39 is 0 Å². The van der Waals surface area contributed by atoms with Crippen molar-refractivity contribution < 1.29 is 19.2 Å². The molecule has 1 aliphatic rings. The molecular formula is C23H28N3O3+. The summed E-state index contributed by atoms with van der Waals surface area (Å²) in [5.74, 6) is 0.925. The van der Waals surface area contributed by atoms with Gasteiger partial charge in [-0.1, -0.05) is 12.7 Å². The summed E-state index contributed by atoms with van der Waals surface area (Å²) in [6.45, 7) is 5.99. The standard InChI is InChI=1S/C23H27N3O3/c1-3-15-29-21-12-6-18(7-13-21)16-25(2)17-22(27)24-19-8-10-20(11-9-19)26-14-4-5-23(26)28/h3,6-13H,1,4-5,14-17H2,2H3,(H,24,27)/p+1. The molecule has 152 valence electrons. The fourth-order valence-electron chi connectivity index (χ4n) is 3.39. The number of amides is 2. The van der Waals surface area contributed by atoms with Crippen LogP contribution in [0.2, 0.25) is 0 Å². The van der Waals surface area contributed by atoms with Gasteiger partial charge in [0.25, 0.3) is 5.91 Å². The molecule has 29 heavy (non-hydrogen) atoms. The first-order valence-electron chi connectivity index (χ1n) is 9.89. The molecule has 0 bridgehead atoms. The maximum atomic E-state index is 12.4. The molecular weight excluding hydrogens is 366 g/mol. The molecule has 1 saturated heterocycles. The van der Waals surface area contributed by atoms with E-state index in [1.54, 1.807) is 11.0 Å². The summed E-state index contributed by atoms with van der Waals surface area (Å²) in [5, 5.41) is 2.93. The SMILES string of the molecule is C=CCOc1ccc(C[NH+](C)CC(=O)Nc2ccc(N3CCCC3=O)cc2)cc1. The second-order valence-corrected chi connectivity index (χ2v) is 7.30. The van der Waals surface area contributed by atoms with Gasteiger partial charge in [-0.3, -0.25) is 9.59 Å². The third-order valence-corrected chi connectivity index (χ3v) is 4.80. The highest BCUT2D eigenvalue weighted by molar-refractivity contribution is 5.96. The van der Waals surface area contributed by atoms with E-state index in [2.05, 4.69) is 11.9 Å². The molecule has 2 amide bonds. The highest BCUT2D eigenvalue weighted by Crippen LogP contribution is 2.22. The molecule has 2 aromatic rings. The van der Waals surface area contributed by atoms with Crippen molar-refractivity contribution in [1.82, 2.24) is 0 Å². The molecule has 1 heterocycles. The number of likely N-dealkylation sites (N-methyl/N-ethyl adjacent to an activating group) is 1. The van der Waals surface area contributed by atoms with E-state index in [9.17, 15) is 9.59 Å². The molecule has 2 aromatic carbocycles. The second-order valence-electron chi connectivity index (χ2n) is 7.30. The third-order valence-electron chi connectivity index (χ3n) is 4.80. The predicted octanol–water partition coefficient (Wildman–Crippen LogP) is 2.03. The fraction of sp³-hybridized carbons (Fsp3) is 0.304. The van der Waals surface area contributed by atoms with Gasteiger partial charge in [0.05, 0.1) is 7.05 Å². The highest BCUT2D eigenvalue weighted by Gasteiger charge is 2.21. The van der Waals surface area contributed by atoms with Crippen molar-refractivity contribution in [3.63, 3.8) is 0 Å². The van der Waals surface area contributed by atoms with Crippen molar-refractivity contribution in [2.45, 2.75) is 19.4 Å². The zero-order valence-electron chi connectivity index (χ0n) is 16.8. The summed E-state index contributed by atoms with van der Waals surface area (Å²) < 4.78 is 5.48. The number of ether oxygens (including phenoxy) is 1. The van der Waals surface area contributed by atoms with Crippen LogP contribution in [0, 0.1) is 0 Å². The van der Waals surface area contributed by atoms with Gasteiger partial charge in [0.1, 0.15) is 18.9 Å². The monoisotopic (exact) mass is 394 g/mol. The van der Waals surface area contributed by atoms with E-state index >= 15 is 0 Å². The molecule has 0 spiro atoms. The Labute approximate surface area is 171 Å². The Kier molecular flexibility index (Phi) is 7.03. The van der Waals surface area contributed by atoms with E-state index in [1.165, 1.54) is 0 Å². The van der Waals surface area contributed by atoms with Crippen LogP contribution in [-0.2, 0) is 16.1 Å². The minimum atomic E-state index is -0.0431. The Morgan fingerprint density at radius 1 is 1.21 bits per heavy atom. The highest BCUT2D eigenvalue weighted by atomic mass is 16.5. The van der Waals surface area contributed by atoms with Crippen molar-refractivity contribution in [3.8, 4) is 5.75 Å². The number of benzene rings is 2. The Morgan fingerprint density at radius 3 is 2.55 bits per heavy atom. The lowest BCUT2D eigenvalue weighted by atomic mass is 10.2. The Morgan fingerprint density at radius 2 is 1.93 bits per heavy atom. The number of carbonyl (C=O) groups excluding carboxylic acids is 2. The molecule has 1 atom stereocenters. The normalized spacial score (nSPS) is 14.5. The summed E-state index contributed by atoms with van der Waals surface area (Å²) in [7, 11) is 1.99. The number of carbonyl (C=O) groups is 2. The molecule has 1 aliphatic heterocycles. The lowest BCUT2D eigenvalue weighted by Gasteiger charge is -2.17. The molecule has 0 radical (unpaired) electrons. The summed E-state index contributed by atoms with van der Waals surface area (Å²) in [6.07, 6.45) is 3.22. The van der Waals surface area contributed by atoms with E-state index in [4.69, 9.17) is 4.74 Å². The molecule has 1 fully saturated rings. The molecule has 6 heteroatoms. The van der Waals surface area contributed by atoms with Gasteiger partial charge >= 0.3 is 0 Å². The third kappa shape index (κ3) is 5.93. The van der Waals surface area contributed by atoms with Crippen molar-refractivity contribution >= 4 is 23.2 Å². The van der Waals surface area contributed by atoms with Crippen molar-refractivity contribution in [1.29, 1.82) is 0 Å². The van der Waals surface area contributed by atoms with Crippen LogP contribution in [0.1, 0.15) is 18.4 Å². The Bertz CT molecular complexity index is 847. The van der Waals surface area contributed by atoms with Crippen molar-refractivity contribution in [3.05, 3.63) is 66.7 Å². The van der Waals surface area contributed by atoms with Gasteiger partial charge in [-0.25, -0.2) is 0 Å². The largest absolute Gasteiger partial charge is 0.490 e. The molecule has 6 nitrogen and oxygen atoms in total. The first-order chi connectivity index (χ1) is 14.0. The minimum absolute atomic E-state index is 0.0431. The van der Waals surface area contributed by atoms with E-state index in [1.807, 2.05) is 55.6 Å². The minimum Gasteiger partial charge on any atom is -0.490 e. The maximum absolute atomic E-state index is 12.4. The summed E-state index contributed by atoms with van der Waals surface area (Å²) >= 11 is 0. The van der Waals surface area contributed by atoms with Crippen LogP contribution in [0.3, 0.4) is 0 Å². The van der Waals surface area contributed by atoms with Gasteiger partial charge in [-0.15, -0.1) is 0 Å². The number of anilines is 2. The average Bonchev–Trinajstić information content (AvgIpc) is 3.14. The molecule has 0 aromatic heterocycles. The van der Waals surface area contributed by atoms with E-state index in [-0.39, 0.29) is 11.8 Å². The average molecular weight is 394 g/mol. The summed E-state index contributed by atoms with van der Waals surface area (Å²) in [4.78, 5) is 27.0. The van der Waals surface area contributed by atoms with Gasteiger partial charge in [0.2, 0.25) is 5.91 Å². The maximum Gasteiger partial charge on any atom is 0.279 e. The van der Waals surface area contributed by atoms with Crippen molar-refractivity contribution in [2.24, 2.45) is 0 Å². The first-order valence-corrected chi connectivity index (χ1v) is 9.89. The molecule has 0 aliphatic carbocycles. The fourth-order valence-corrected chi connectivity index (χ4v) is 3.39. The van der Waals surface area contributed by atoms with Crippen LogP contribution >= 0.6 is 0 Å². The van der Waals surface area contributed by atoms with E-state index in [0.717, 1.165) is 47.1 Å². The van der Waals surface area contributed by atoms with Gasteiger partial charge < -0.3 is 19.9 Å². The smallest absolute Gasteiger partial charge is 0.279 e. The quantitative estimate of drug-likeness (QED) is 0.640. The van der Waals surface area contributed by atoms with E-state index in [0.29, 0.717) is 19.6 Å². The van der Waals surface area contributed by atoms with Gasteiger partial charge in [0, 0.05) is 29.9 Å². The van der Waals surface area contributed by atoms with Crippen LogP contribution < -0.4 is 19.9 Å². The second kappa shape index (κ2) is 9.89. The number of quaternary nitrogens is 1. The summed E-state index contributed by atoms with van der Waals surface area (Å²) in [5.41, 5.74) is 2.76. The molecule has 1 unspecified atom stereocenters. The van der Waals surface area contributed by atoms with Gasteiger partial charge in [-0.05, 0) is 55.0 Å². The lowest BCUT2D eigenvalue weighted by molar-refractivity contribution is -0.885. The van der Waals surface area contributed by atoms with Crippen LogP contribution in [-0.4, -0.2) is 38.6 Å². The number of nitrogens with zero attached hydrogens (tertiary/aromatic N) is 1. The van der Waals surface area contributed by atoms with Crippen LogP contribution in [0.25, 0.3) is 0 Å². The number of nitrogens with one attached hydrogen (secondary N) is 2. The molecule has 3 rings (SSSR count). The lowest BCUT2D eigenvalue weighted by Crippen LogP contribution is -3.08.